The van der Waals surface area contributed by atoms with E-state index in [1.807, 2.05) is 45.0 Å². The summed E-state index contributed by atoms with van der Waals surface area (Å²) >= 11 is 0. The van der Waals surface area contributed by atoms with Crippen molar-refractivity contribution in [3.63, 3.8) is 0 Å². The van der Waals surface area contributed by atoms with E-state index in [4.69, 9.17) is 28.4 Å². The predicted octanol–water partition coefficient (Wildman–Crippen LogP) is 5.75. The molecule has 35 heavy (non-hydrogen) atoms. The standard InChI is InChI=1S/C28H34O7/c1-9-11-19(27(29)35-28(3,4)5)25(18-13-23(30-6)26(32-8)24(14-18)31-7)20-15-22-21(33-16-34-22)12-17(20)10-2/h9-10,12-15,19,25H,1-2,11,16H2,3-8H3/t19?,25-/m0/s1. The number of benzene rings is 2. The second-order valence-corrected chi connectivity index (χ2v) is 9.14. The van der Waals surface area contributed by atoms with Crippen LogP contribution in [-0.4, -0.2) is 39.7 Å². The molecular formula is C28H34O7. The first kappa shape index (κ1) is 26.0. The molecule has 0 amide bonds. The van der Waals surface area contributed by atoms with Crippen molar-refractivity contribution in [3.8, 4) is 28.7 Å². The molecule has 1 heterocycles. The minimum absolute atomic E-state index is 0.131. The molecule has 0 fully saturated rings. The molecule has 7 nitrogen and oxygen atoms in total. The Morgan fingerprint density at radius 2 is 1.60 bits per heavy atom. The van der Waals surface area contributed by atoms with E-state index in [2.05, 4.69) is 13.2 Å². The van der Waals surface area contributed by atoms with Crippen molar-refractivity contribution < 1.29 is 33.2 Å². The van der Waals surface area contributed by atoms with E-state index in [9.17, 15) is 4.79 Å². The quantitative estimate of drug-likeness (QED) is 0.315. The number of ether oxygens (including phenoxy) is 6. The largest absolute Gasteiger partial charge is 0.493 e. The molecule has 0 N–H and O–H groups in total. The molecule has 1 aliphatic rings. The maximum Gasteiger partial charge on any atom is 0.310 e. The lowest BCUT2D eigenvalue weighted by atomic mass is 9.76. The van der Waals surface area contributed by atoms with E-state index in [0.717, 1.165) is 16.7 Å². The second kappa shape index (κ2) is 10.8. The molecule has 0 radical (unpaired) electrons. The van der Waals surface area contributed by atoms with Crippen LogP contribution in [-0.2, 0) is 9.53 Å². The Morgan fingerprint density at radius 1 is 1.00 bits per heavy atom. The van der Waals surface area contributed by atoms with Gasteiger partial charge in [0.15, 0.2) is 23.0 Å². The van der Waals surface area contributed by atoms with Gasteiger partial charge in [-0.3, -0.25) is 4.79 Å². The SMILES string of the molecule is C=CCC(C(=O)OC(C)(C)C)[C@H](c1cc(OC)c(OC)c(OC)c1)c1cc2c(cc1C=C)OCO2. The molecule has 0 aromatic heterocycles. The van der Waals surface area contributed by atoms with E-state index in [1.54, 1.807) is 33.5 Å². The van der Waals surface area contributed by atoms with Crippen molar-refractivity contribution in [1.82, 2.24) is 0 Å². The molecule has 1 aliphatic heterocycles. The molecule has 0 aliphatic carbocycles. The first-order valence-electron chi connectivity index (χ1n) is 11.4. The number of methoxy groups -OCH3 is 3. The van der Waals surface area contributed by atoms with Crippen molar-refractivity contribution >= 4 is 12.0 Å². The molecule has 0 bridgehead atoms. The highest BCUT2D eigenvalue weighted by Crippen LogP contribution is 2.47. The third-order valence-corrected chi connectivity index (χ3v) is 5.71. The Bertz CT molecular complexity index is 1070. The van der Waals surface area contributed by atoms with Gasteiger partial charge in [-0.05, 0) is 68.1 Å². The maximum atomic E-state index is 13.6. The minimum Gasteiger partial charge on any atom is -0.493 e. The summed E-state index contributed by atoms with van der Waals surface area (Å²) in [5.74, 6) is 1.24. The number of rotatable bonds is 10. The van der Waals surface area contributed by atoms with Crippen LogP contribution < -0.4 is 23.7 Å². The number of carbonyl (C=O) groups is 1. The molecule has 0 saturated heterocycles. The lowest BCUT2D eigenvalue weighted by Crippen LogP contribution is -2.32. The van der Waals surface area contributed by atoms with Crippen LogP contribution in [0.15, 0.2) is 43.5 Å². The van der Waals surface area contributed by atoms with Crippen LogP contribution in [0, 0.1) is 5.92 Å². The van der Waals surface area contributed by atoms with Gasteiger partial charge in [0.1, 0.15) is 5.60 Å². The zero-order chi connectivity index (χ0) is 25.8. The normalized spacial score (nSPS) is 14.0. The summed E-state index contributed by atoms with van der Waals surface area (Å²) in [6.07, 6.45) is 3.84. The van der Waals surface area contributed by atoms with Crippen LogP contribution >= 0.6 is 0 Å². The first-order chi connectivity index (χ1) is 16.7. The van der Waals surface area contributed by atoms with E-state index in [1.165, 1.54) is 0 Å². The van der Waals surface area contributed by atoms with Gasteiger partial charge in [0, 0.05) is 5.92 Å². The van der Waals surface area contributed by atoms with E-state index < -0.39 is 17.4 Å². The number of allylic oxidation sites excluding steroid dienone is 1. The van der Waals surface area contributed by atoms with Crippen LogP contribution in [0.1, 0.15) is 49.8 Å². The van der Waals surface area contributed by atoms with Gasteiger partial charge < -0.3 is 28.4 Å². The fraction of sp³-hybridized carbons (Fsp3) is 0.393. The predicted molar refractivity (Wildman–Crippen MR) is 135 cm³/mol. The summed E-state index contributed by atoms with van der Waals surface area (Å²) in [6.45, 7) is 13.6. The fourth-order valence-electron chi connectivity index (χ4n) is 4.25. The second-order valence-electron chi connectivity index (χ2n) is 9.14. The Labute approximate surface area is 207 Å². The smallest absolute Gasteiger partial charge is 0.310 e. The summed E-state index contributed by atoms with van der Waals surface area (Å²) in [5, 5.41) is 0. The number of carbonyl (C=O) groups excluding carboxylic acids is 1. The Hall–Kier alpha value is -3.61. The number of esters is 1. The van der Waals surface area contributed by atoms with Gasteiger partial charge in [0.05, 0.1) is 27.2 Å². The van der Waals surface area contributed by atoms with Gasteiger partial charge in [0.2, 0.25) is 12.5 Å². The van der Waals surface area contributed by atoms with Crippen LogP contribution in [0.2, 0.25) is 0 Å². The molecule has 0 saturated carbocycles. The first-order valence-corrected chi connectivity index (χ1v) is 11.4. The van der Waals surface area contributed by atoms with Gasteiger partial charge in [-0.2, -0.15) is 0 Å². The summed E-state index contributed by atoms with van der Waals surface area (Å²) in [7, 11) is 4.66. The highest BCUT2D eigenvalue weighted by molar-refractivity contribution is 5.77. The molecule has 188 valence electrons. The maximum absolute atomic E-state index is 13.6. The highest BCUT2D eigenvalue weighted by Gasteiger charge is 2.36. The number of fused-ring (bicyclic) bond motifs is 1. The van der Waals surface area contributed by atoms with Gasteiger partial charge >= 0.3 is 5.97 Å². The summed E-state index contributed by atoms with van der Waals surface area (Å²) in [6, 6.07) is 7.47. The summed E-state index contributed by atoms with van der Waals surface area (Å²) in [5.41, 5.74) is 1.76. The van der Waals surface area contributed by atoms with Crippen molar-refractivity contribution in [2.24, 2.45) is 5.92 Å². The fourth-order valence-corrected chi connectivity index (χ4v) is 4.25. The molecule has 2 aromatic carbocycles. The Morgan fingerprint density at radius 3 is 2.09 bits per heavy atom. The molecular weight excluding hydrogens is 448 g/mol. The zero-order valence-corrected chi connectivity index (χ0v) is 21.3. The van der Waals surface area contributed by atoms with Crippen molar-refractivity contribution in [1.29, 1.82) is 0 Å². The van der Waals surface area contributed by atoms with Gasteiger partial charge in [-0.25, -0.2) is 0 Å². The average molecular weight is 483 g/mol. The van der Waals surface area contributed by atoms with Crippen LogP contribution in [0.25, 0.3) is 6.08 Å². The van der Waals surface area contributed by atoms with Crippen LogP contribution in [0.5, 0.6) is 28.7 Å². The van der Waals surface area contributed by atoms with Gasteiger partial charge in [-0.15, -0.1) is 6.58 Å². The van der Waals surface area contributed by atoms with E-state index in [-0.39, 0.29) is 12.8 Å². The number of hydrogen-bond donors (Lipinski definition) is 0. The molecule has 2 aromatic rings. The highest BCUT2D eigenvalue weighted by atomic mass is 16.7. The van der Waals surface area contributed by atoms with E-state index in [0.29, 0.717) is 35.2 Å². The van der Waals surface area contributed by atoms with Crippen LogP contribution in [0.3, 0.4) is 0 Å². The van der Waals surface area contributed by atoms with E-state index >= 15 is 0 Å². The lowest BCUT2D eigenvalue weighted by molar-refractivity contribution is -0.160. The van der Waals surface area contributed by atoms with Crippen molar-refractivity contribution in [3.05, 3.63) is 60.2 Å². The van der Waals surface area contributed by atoms with Crippen molar-refractivity contribution in [2.45, 2.75) is 38.7 Å². The molecule has 2 atom stereocenters. The molecule has 0 spiro atoms. The Kier molecular flexibility index (Phi) is 7.99. The van der Waals surface area contributed by atoms with Gasteiger partial charge in [-0.1, -0.05) is 18.7 Å². The van der Waals surface area contributed by atoms with Crippen molar-refractivity contribution in [2.75, 3.05) is 28.1 Å². The minimum atomic E-state index is -0.660. The third kappa shape index (κ3) is 5.56. The van der Waals surface area contributed by atoms with Crippen LogP contribution in [0.4, 0.5) is 0 Å². The molecule has 3 rings (SSSR count). The zero-order valence-electron chi connectivity index (χ0n) is 21.3. The topological polar surface area (TPSA) is 72.5 Å². The molecule has 7 heteroatoms. The summed E-state index contributed by atoms with van der Waals surface area (Å²) in [4.78, 5) is 13.6. The third-order valence-electron chi connectivity index (χ3n) is 5.71. The summed E-state index contributed by atoms with van der Waals surface area (Å²) < 4.78 is 33.8. The molecule has 1 unspecified atom stereocenters. The van der Waals surface area contributed by atoms with Gasteiger partial charge in [0.25, 0.3) is 0 Å². The Balaban J connectivity index is 2.31. The lowest BCUT2D eigenvalue weighted by Gasteiger charge is -2.31. The number of hydrogen-bond acceptors (Lipinski definition) is 7. The average Bonchev–Trinajstić information content (AvgIpc) is 3.28. The monoisotopic (exact) mass is 482 g/mol.